The van der Waals surface area contributed by atoms with Gasteiger partial charge in [-0.2, -0.15) is 4.72 Å². The summed E-state index contributed by atoms with van der Waals surface area (Å²) < 4.78 is 27.2. The minimum Gasteiger partial charge on any atom is -0.480 e. The Labute approximate surface area is 205 Å². The van der Waals surface area contributed by atoms with Gasteiger partial charge in [0.2, 0.25) is 5.91 Å². The molecule has 13 nitrogen and oxygen atoms in total. The molecule has 0 fully saturated rings. The van der Waals surface area contributed by atoms with Crippen LogP contribution in [0.3, 0.4) is 0 Å². The van der Waals surface area contributed by atoms with Gasteiger partial charge in [0, 0.05) is 13.0 Å². The molecule has 2 heterocycles. The van der Waals surface area contributed by atoms with Crippen molar-refractivity contribution in [1.82, 2.24) is 15.0 Å². The van der Waals surface area contributed by atoms with Crippen LogP contribution in [-0.4, -0.2) is 60.7 Å². The zero-order valence-corrected chi connectivity index (χ0v) is 20.5. The molecule has 1 aromatic carbocycles. The Kier molecular flexibility index (Phi) is 8.03. The molecule has 0 spiro atoms. The van der Waals surface area contributed by atoms with Crippen LogP contribution in [0.25, 0.3) is 0 Å². The number of nitrogens with two attached hydrogens (primary N) is 2. The lowest BCUT2D eigenvalue weighted by molar-refractivity contribution is -0.138. The number of aryl methyl sites for hydroxylation is 2. The molecule has 0 saturated heterocycles. The standard InChI is InChI=1S/C20H25N7O6S2/c1-10-19(34-11(2)24-10)35(31,32)27-16(18(29)30)9-23-17(28)8-14-7-15(26-33-14)12-3-5-13(6-4-12)25-20(21)22/h3-6,14,16,27H,7-9H2,1-2H3,(H,23,28)(H,29,30)(H4,21,22,25)/t14-,16+/m1/s1. The number of aromatic nitrogens is 1. The Hall–Kier alpha value is -3.56. The van der Waals surface area contributed by atoms with Gasteiger partial charge in [-0.1, -0.05) is 17.3 Å². The maximum atomic E-state index is 12.6. The first kappa shape index (κ1) is 26.1. The van der Waals surface area contributed by atoms with E-state index in [2.05, 4.69) is 25.2 Å². The molecule has 0 aliphatic carbocycles. The normalized spacial score (nSPS) is 16.2. The van der Waals surface area contributed by atoms with Crippen molar-refractivity contribution in [2.24, 2.45) is 21.6 Å². The fourth-order valence-corrected chi connectivity index (χ4v) is 5.95. The minimum atomic E-state index is -4.12. The van der Waals surface area contributed by atoms with E-state index in [1.165, 1.54) is 6.92 Å². The van der Waals surface area contributed by atoms with Crippen molar-refractivity contribution in [3.05, 3.63) is 40.5 Å². The molecule has 3 rings (SSSR count). The number of thiazole rings is 1. The number of carbonyl (C=O) groups excluding carboxylic acids is 1. The number of hydrogen-bond donors (Lipinski definition) is 5. The van der Waals surface area contributed by atoms with Crippen molar-refractivity contribution >= 4 is 50.6 Å². The molecule has 2 aromatic rings. The predicted molar refractivity (Wildman–Crippen MR) is 129 cm³/mol. The number of nitrogens with one attached hydrogen (secondary N) is 2. The second-order valence-corrected chi connectivity index (χ2v) is 10.8. The number of nitrogens with zero attached hydrogens (tertiary/aromatic N) is 3. The van der Waals surface area contributed by atoms with Gasteiger partial charge in [-0.3, -0.25) is 9.59 Å². The summed E-state index contributed by atoms with van der Waals surface area (Å²) >= 11 is 0.934. The van der Waals surface area contributed by atoms with E-state index in [-0.39, 0.29) is 22.3 Å². The van der Waals surface area contributed by atoms with Crippen LogP contribution in [0.2, 0.25) is 0 Å². The number of carbonyl (C=O) groups is 2. The predicted octanol–water partition coefficient (Wildman–Crippen LogP) is 0.0958. The van der Waals surface area contributed by atoms with Gasteiger partial charge < -0.3 is 26.7 Å². The van der Waals surface area contributed by atoms with Gasteiger partial charge in [0.05, 0.1) is 28.5 Å². The average molecular weight is 524 g/mol. The molecular formula is C20H25N7O6S2. The highest BCUT2D eigenvalue weighted by Crippen LogP contribution is 2.23. The monoisotopic (exact) mass is 523 g/mol. The quantitative estimate of drug-likeness (QED) is 0.211. The summed E-state index contributed by atoms with van der Waals surface area (Å²) in [6.45, 7) is 2.72. The Bertz CT molecular complexity index is 1270. The van der Waals surface area contributed by atoms with Gasteiger partial charge in [-0.25, -0.2) is 18.4 Å². The number of carboxylic acid groups (broad SMARTS) is 1. The summed E-state index contributed by atoms with van der Waals surface area (Å²) in [5.74, 6) is -2.00. The molecule has 188 valence electrons. The average Bonchev–Trinajstić information content (AvgIpc) is 3.37. The van der Waals surface area contributed by atoms with Gasteiger partial charge in [-0.05, 0) is 31.5 Å². The number of guanidine groups is 1. The van der Waals surface area contributed by atoms with E-state index in [0.29, 0.717) is 22.8 Å². The zero-order valence-electron chi connectivity index (χ0n) is 18.9. The van der Waals surface area contributed by atoms with Crippen LogP contribution in [-0.2, 0) is 24.4 Å². The lowest BCUT2D eigenvalue weighted by Crippen LogP contribution is -2.48. The Morgan fingerprint density at radius 2 is 1.97 bits per heavy atom. The summed E-state index contributed by atoms with van der Waals surface area (Å²) in [4.78, 5) is 37.2. The van der Waals surface area contributed by atoms with Crippen LogP contribution in [0.1, 0.15) is 29.1 Å². The number of rotatable bonds is 10. The third-order valence-corrected chi connectivity index (χ3v) is 7.96. The summed E-state index contributed by atoms with van der Waals surface area (Å²) in [7, 11) is -4.12. The third kappa shape index (κ3) is 6.97. The van der Waals surface area contributed by atoms with E-state index in [1.807, 2.05) is 0 Å². The molecule has 0 saturated carbocycles. The van der Waals surface area contributed by atoms with Gasteiger partial charge in [-0.15, -0.1) is 11.3 Å². The number of carboxylic acids is 1. The third-order valence-electron chi connectivity index (χ3n) is 4.81. The first-order chi connectivity index (χ1) is 16.4. The summed E-state index contributed by atoms with van der Waals surface area (Å²) in [6.07, 6.45) is -0.287. The number of benzene rings is 1. The molecule has 7 N–H and O–H groups in total. The topological polar surface area (TPSA) is 211 Å². The van der Waals surface area contributed by atoms with Crippen LogP contribution in [0, 0.1) is 13.8 Å². The number of amides is 1. The molecule has 0 radical (unpaired) electrons. The second kappa shape index (κ2) is 10.8. The minimum absolute atomic E-state index is 0.0583. The molecular weight excluding hydrogens is 498 g/mol. The van der Waals surface area contributed by atoms with Crippen molar-refractivity contribution in [2.45, 2.75) is 43.0 Å². The van der Waals surface area contributed by atoms with Gasteiger partial charge in [0.25, 0.3) is 10.0 Å². The van der Waals surface area contributed by atoms with Gasteiger partial charge in [0.1, 0.15) is 12.1 Å². The van der Waals surface area contributed by atoms with Crippen LogP contribution < -0.4 is 21.5 Å². The molecule has 0 bridgehead atoms. The number of aliphatic carboxylic acids is 1. The second-order valence-electron chi connectivity index (χ2n) is 7.68. The van der Waals surface area contributed by atoms with E-state index in [1.54, 1.807) is 31.2 Å². The highest BCUT2D eigenvalue weighted by atomic mass is 32.2. The number of hydrogen-bond acceptors (Lipinski definition) is 9. The maximum absolute atomic E-state index is 12.6. The number of aliphatic imine (C=N–C) groups is 1. The summed E-state index contributed by atoms with van der Waals surface area (Å²) in [6, 6.07) is 5.38. The number of oxime groups is 1. The summed E-state index contributed by atoms with van der Waals surface area (Å²) in [5, 5.41) is 16.4. The Balaban J connectivity index is 1.52. The molecule has 1 amide bonds. The fraction of sp³-hybridized carbons (Fsp3) is 0.350. The van der Waals surface area contributed by atoms with E-state index in [9.17, 15) is 23.1 Å². The van der Waals surface area contributed by atoms with Crippen molar-refractivity contribution in [1.29, 1.82) is 0 Å². The molecule has 1 aliphatic heterocycles. The molecule has 2 atom stereocenters. The molecule has 15 heteroatoms. The van der Waals surface area contributed by atoms with E-state index in [0.717, 1.165) is 16.9 Å². The molecule has 1 aliphatic rings. The largest absolute Gasteiger partial charge is 0.480 e. The first-order valence-corrected chi connectivity index (χ1v) is 12.6. The van der Waals surface area contributed by atoms with Crippen molar-refractivity contribution in [3.8, 4) is 0 Å². The smallest absolute Gasteiger partial charge is 0.323 e. The fourth-order valence-electron chi connectivity index (χ4n) is 3.26. The number of sulfonamides is 1. The SMILES string of the molecule is Cc1nc(C)c(S(=O)(=O)N[C@@H](CNC(=O)C[C@H]2CC(c3ccc(N=C(N)N)cc3)=NO2)C(=O)O)s1. The van der Waals surface area contributed by atoms with E-state index in [4.69, 9.17) is 16.3 Å². The van der Waals surface area contributed by atoms with Gasteiger partial charge in [0.15, 0.2) is 10.2 Å². The van der Waals surface area contributed by atoms with E-state index < -0.39 is 40.6 Å². The van der Waals surface area contributed by atoms with Gasteiger partial charge >= 0.3 is 5.97 Å². The molecule has 1 aromatic heterocycles. The molecule has 0 unspecified atom stereocenters. The van der Waals surface area contributed by atoms with Crippen molar-refractivity contribution in [3.63, 3.8) is 0 Å². The summed E-state index contributed by atoms with van der Waals surface area (Å²) in [5.41, 5.74) is 13.0. The Morgan fingerprint density at radius 3 is 2.54 bits per heavy atom. The van der Waals surface area contributed by atoms with Crippen molar-refractivity contribution < 1.29 is 28.0 Å². The zero-order chi connectivity index (χ0) is 25.8. The van der Waals surface area contributed by atoms with Crippen LogP contribution in [0.15, 0.2) is 38.6 Å². The Morgan fingerprint density at radius 1 is 1.29 bits per heavy atom. The van der Waals surface area contributed by atoms with Crippen LogP contribution in [0.4, 0.5) is 5.69 Å². The van der Waals surface area contributed by atoms with Crippen LogP contribution >= 0.6 is 11.3 Å². The highest BCUT2D eigenvalue weighted by Gasteiger charge is 2.30. The maximum Gasteiger partial charge on any atom is 0.323 e. The lowest BCUT2D eigenvalue weighted by atomic mass is 10.0. The first-order valence-electron chi connectivity index (χ1n) is 10.3. The van der Waals surface area contributed by atoms with E-state index >= 15 is 0 Å². The molecule has 35 heavy (non-hydrogen) atoms. The lowest BCUT2D eigenvalue weighted by Gasteiger charge is -2.16. The van der Waals surface area contributed by atoms with Crippen molar-refractivity contribution in [2.75, 3.05) is 6.54 Å². The van der Waals surface area contributed by atoms with Crippen LogP contribution in [0.5, 0.6) is 0 Å². The highest BCUT2D eigenvalue weighted by molar-refractivity contribution is 7.91.